The van der Waals surface area contributed by atoms with E-state index < -0.39 is 0 Å². The summed E-state index contributed by atoms with van der Waals surface area (Å²) in [6.45, 7) is 2.71. The highest BCUT2D eigenvalue weighted by Gasteiger charge is 2.03. The quantitative estimate of drug-likeness (QED) is 0.288. The molecular weight excluding hydrogens is 262 g/mol. The van der Waals surface area contributed by atoms with E-state index in [0.717, 1.165) is 23.7 Å². The number of rotatable bonds is 8. The molecule has 0 bridgehead atoms. The van der Waals surface area contributed by atoms with Crippen LogP contribution in [0.25, 0.3) is 0 Å². The van der Waals surface area contributed by atoms with E-state index in [0.29, 0.717) is 12.2 Å². The van der Waals surface area contributed by atoms with E-state index in [2.05, 4.69) is 12.3 Å². The van der Waals surface area contributed by atoms with Crippen molar-refractivity contribution in [2.75, 3.05) is 18.1 Å². The molecule has 0 aliphatic heterocycles. The lowest BCUT2D eigenvalue weighted by atomic mass is 10.2. The van der Waals surface area contributed by atoms with Gasteiger partial charge >= 0.3 is 0 Å². The van der Waals surface area contributed by atoms with Gasteiger partial charge in [-0.15, -0.1) is 0 Å². The van der Waals surface area contributed by atoms with Crippen LogP contribution in [-0.2, 0) is 0 Å². The summed E-state index contributed by atoms with van der Waals surface area (Å²) in [5, 5.41) is 0. The maximum Gasteiger partial charge on any atom is 0.265 e. The molecule has 0 spiro atoms. The van der Waals surface area contributed by atoms with Gasteiger partial charge in [-0.25, -0.2) is 5.84 Å². The molecule has 0 saturated heterocycles. The molecule has 1 rings (SSSR count). The Kier molecular flexibility index (Phi) is 7.32. The average Bonchev–Trinajstić information content (AvgIpc) is 2.46. The molecule has 0 aliphatic rings. The number of amides is 1. The summed E-state index contributed by atoms with van der Waals surface area (Å²) in [6, 6.07) is 7.13. The second kappa shape index (κ2) is 8.79. The monoisotopic (exact) mass is 283 g/mol. The van der Waals surface area contributed by atoms with Gasteiger partial charge in [-0.2, -0.15) is 11.8 Å². The highest BCUT2D eigenvalue weighted by molar-refractivity contribution is 7.99. The van der Waals surface area contributed by atoms with Gasteiger partial charge in [0.25, 0.3) is 5.91 Å². The van der Waals surface area contributed by atoms with Crippen molar-refractivity contribution in [1.29, 1.82) is 0 Å². The van der Waals surface area contributed by atoms with Crippen LogP contribution in [0, 0.1) is 0 Å². The second-order valence-corrected chi connectivity index (χ2v) is 5.24. The van der Waals surface area contributed by atoms with E-state index in [9.17, 15) is 4.79 Å². The van der Waals surface area contributed by atoms with Crippen LogP contribution < -0.4 is 21.7 Å². The Morgan fingerprint density at radius 3 is 2.68 bits per heavy atom. The topological polar surface area (TPSA) is 90.4 Å². The highest BCUT2D eigenvalue weighted by Crippen LogP contribution is 2.13. The Morgan fingerprint density at radius 2 is 2.11 bits per heavy atom. The molecule has 6 heteroatoms. The maximum atomic E-state index is 11.2. The van der Waals surface area contributed by atoms with E-state index >= 15 is 0 Å². The first-order chi connectivity index (χ1) is 9.17. The number of hydrogen-bond donors (Lipinski definition) is 3. The zero-order chi connectivity index (χ0) is 14.1. The van der Waals surface area contributed by atoms with E-state index in [4.69, 9.17) is 16.3 Å². The molecule has 1 unspecified atom stereocenters. The van der Waals surface area contributed by atoms with Crippen molar-refractivity contribution < 1.29 is 9.53 Å². The van der Waals surface area contributed by atoms with Gasteiger partial charge in [0.2, 0.25) is 0 Å². The lowest BCUT2D eigenvalue weighted by Crippen LogP contribution is -2.29. The number of thioether (sulfide) groups is 1. The number of carbonyl (C=O) groups excluding carboxylic acids is 1. The molecule has 1 aromatic rings. The molecular formula is C13H21N3O2S. The largest absolute Gasteiger partial charge is 0.493 e. The summed E-state index contributed by atoms with van der Waals surface area (Å²) in [6.07, 6.45) is 0.999. The molecule has 0 saturated carbocycles. The van der Waals surface area contributed by atoms with Gasteiger partial charge < -0.3 is 10.5 Å². The zero-order valence-electron chi connectivity index (χ0n) is 11.1. The Morgan fingerprint density at radius 1 is 1.42 bits per heavy atom. The van der Waals surface area contributed by atoms with Crippen molar-refractivity contribution in [3.63, 3.8) is 0 Å². The Balaban J connectivity index is 2.25. The SMILES string of the molecule is CCC(N)CSCCOc1ccc(C(=O)NN)cc1. The van der Waals surface area contributed by atoms with Crippen LogP contribution in [0.4, 0.5) is 0 Å². The molecule has 5 N–H and O–H groups in total. The molecule has 0 aliphatic carbocycles. The van der Waals surface area contributed by atoms with Crippen LogP contribution >= 0.6 is 11.8 Å². The van der Waals surface area contributed by atoms with E-state index in [1.807, 2.05) is 0 Å². The van der Waals surface area contributed by atoms with Gasteiger partial charge in [-0.3, -0.25) is 10.2 Å². The van der Waals surface area contributed by atoms with E-state index in [-0.39, 0.29) is 11.9 Å². The van der Waals surface area contributed by atoms with Gasteiger partial charge in [0, 0.05) is 23.1 Å². The normalized spacial score (nSPS) is 11.9. The summed E-state index contributed by atoms with van der Waals surface area (Å²) in [7, 11) is 0. The molecule has 0 fully saturated rings. The summed E-state index contributed by atoms with van der Waals surface area (Å²) < 4.78 is 5.57. The molecule has 5 nitrogen and oxygen atoms in total. The fourth-order valence-corrected chi connectivity index (χ4v) is 2.26. The first-order valence-electron chi connectivity index (χ1n) is 6.24. The summed E-state index contributed by atoms with van der Waals surface area (Å²) in [5.74, 6) is 7.34. The van der Waals surface area contributed by atoms with Crippen LogP contribution in [0.2, 0.25) is 0 Å². The molecule has 1 atom stereocenters. The molecule has 0 aromatic heterocycles. The van der Waals surface area contributed by atoms with Gasteiger partial charge in [-0.1, -0.05) is 6.92 Å². The lowest BCUT2D eigenvalue weighted by molar-refractivity contribution is 0.0953. The second-order valence-electron chi connectivity index (χ2n) is 4.09. The lowest BCUT2D eigenvalue weighted by Gasteiger charge is -2.09. The summed E-state index contributed by atoms with van der Waals surface area (Å²) in [5.41, 5.74) is 8.41. The fraction of sp³-hybridized carbons (Fsp3) is 0.462. The summed E-state index contributed by atoms with van der Waals surface area (Å²) in [4.78, 5) is 11.2. The van der Waals surface area contributed by atoms with Crippen molar-refractivity contribution in [2.24, 2.45) is 11.6 Å². The van der Waals surface area contributed by atoms with Crippen molar-refractivity contribution in [1.82, 2.24) is 5.43 Å². The number of nitrogens with two attached hydrogens (primary N) is 2. The van der Waals surface area contributed by atoms with E-state index in [1.165, 1.54) is 0 Å². The van der Waals surface area contributed by atoms with Crippen LogP contribution in [-0.4, -0.2) is 30.1 Å². The average molecular weight is 283 g/mol. The number of carbonyl (C=O) groups is 1. The third-order valence-electron chi connectivity index (χ3n) is 2.60. The van der Waals surface area contributed by atoms with Crippen molar-refractivity contribution in [2.45, 2.75) is 19.4 Å². The number of hydrogen-bond acceptors (Lipinski definition) is 5. The minimum Gasteiger partial charge on any atom is -0.493 e. The maximum absolute atomic E-state index is 11.2. The summed E-state index contributed by atoms with van der Waals surface area (Å²) >= 11 is 1.79. The van der Waals surface area contributed by atoms with Crippen molar-refractivity contribution >= 4 is 17.7 Å². The molecule has 1 aromatic carbocycles. The fourth-order valence-electron chi connectivity index (χ4n) is 1.36. The van der Waals surface area contributed by atoms with Crippen LogP contribution in [0.5, 0.6) is 5.75 Å². The number of benzene rings is 1. The molecule has 0 heterocycles. The number of ether oxygens (including phenoxy) is 1. The third-order valence-corrected chi connectivity index (χ3v) is 3.72. The van der Waals surface area contributed by atoms with Gasteiger partial charge in [0.1, 0.15) is 5.75 Å². The molecule has 0 radical (unpaired) electrons. The van der Waals surface area contributed by atoms with Crippen LogP contribution in [0.3, 0.4) is 0 Å². The predicted molar refractivity (Wildman–Crippen MR) is 79.2 cm³/mol. The van der Waals surface area contributed by atoms with Gasteiger partial charge in [0.15, 0.2) is 0 Å². The van der Waals surface area contributed by atoms with E-state index in [1.54, 1.807) is 36.0 Å². The molecule has 19 heavy (non-hydrogen) atoms. The minimum absolute atomic E-state index is 0.263. The van der Waals surface area contributed by atoms with Crippen LogP contribution in [0.1, 0.15) is 23.7 Å². The Labute approximate surface area is 118 Å². The zero-order valence-corrected chi connectivity index (χ0v) is 11.9. The Bertz CT molecular complexity index is 384. The standard InChI is InChI=1S/C13H21N3O2S/c1-2-11(14)9-19-8-7-18-12-5-3-10(4-6-12)13(17)16-15/h3-6,11H,2,7-9,14-15H2,1H3,(H,16,17). The number of nitrogens with one attached hydrogen (secondary N) is 1. The van der Waals surface area contributed by atoms with Crippen LogP contribution in [0.15, 0.2) is 24.3 Å². The molecule has 106 valence electrons. The van der Waals surface area contributed by atoms with Crippen molar-refractivity contribution in [3.8, 4) is 5.75 Å². The third kappa shape index (κ3) is 5.96. The van der Waals surface area contributed by atoms with Gasteiger partial charge in [0.05, 0.1) is 6.61 Å². The smallest absolute Gasteiger partial charge is 0.265 e. The molecule has 1 amide bonds. The Hall–Kier alpha value is -1.24. The van der Waals surface area contributed by atoms with Crippen molar-refractivity contribution in [3.05, 3.63) is 29.8 Å². The highest BCUT2D eigenvalue weighted by atomic mass is 32.2. The number of hydrazine groups is 1. The first-order valence-corrected chi connectivity index (χ1v) is 7.40. The first kappa shape index (κ1) is 15.8. The number of nitrogen functional groups attached to an aromatic ring is 1. The predicted octanol–water partition coefficient (Wildman–Crippen LogP) is 1.14. The minimum atomic E-state index is -0.310. The van der Waals surface area contributed by atoms with Gasteiger partial charge in [-0.05, 0) is 30.7 Å².